The number of rotatable bonds is 4. The summed E-state index contributed by atoms with van der Waals surface area (Å²) in [6.07, 6.45) is 2.30. The minimum atomic E-state index is -0.468. The smallest absolute Gasteiger partial charge is 0.274 e. The van der Waals surface area contributed by atoms with Gasteiger partial charge in [-0.3, -0.25) is 10.0 Å². The molecule has 0 saturated heterocycles. The van der Waals surface area contributed by atoms with Crippen molar-refractivity contribution < 1.29 is 10.0 Å². The maximum Gasteiger partial charge on any atom is 0.274 e. The molecule has 3 heteroatoms. The molecule has 0 aliphatic rings. The second-order valence-electron chi connectivity index (χ2n) is 3.75. The van der Waals surface area contributed by atoms with Crippen LogP contribution in [0.5, 0.6) is 0 Å². The van der Waals surface area contributed by atoms with E-state index in [0.717, 1.165) is 12.8 Å². The third-order valence-electron chi connectivity index (χ3n) is 2.57. The quantitative estimate of drug-likeness (QED) is 0.589. The third kappa shape index (κ3) is 3.06. The first-order valence-electron chi connectivity index (χ1n) is 5.23. The summed E-state index contributed by atoms with van der Waals surface area (Å²) in [5, 5.41) is 8.45. The molecular formula is C12H17NO2. The van der Waals surface area contributed by atoms with Crippen molar-refractivity contribution in [3.63, 3.8) is 0 Å². The Balaban J connectivity index is 2.76. The SMILES string of the molecule is CCC[C@H](C)c1ccc(C(=O)NO)cc1. The summed E-state index contributed by atoms with van der Waals surface area (Å²) in [7, 11) is 0. The van der Waals surface area contributed by atoms with Gasteiger partial charge in [-0.1, -0.05) is 32.4 Å². The fourth-order valence-electron chi connectivity index (χ4n) is 1.63. The van der Waals surface area contributed by atoms with Crippen LogP contribution in [0.3, 0.4) is 0 Å². The molecule has 0 bridgehead atoms. The lowest BCUT2D eigenvalue weighted by Crippen LogP contribution is -2.18. The minimum Gasteiger partial charge on any atom is -0.288 e. The van der Waals surface area contributed by atoms with Gasteiger partial charge in [-0.15, -0.1) is 0 Å². The molecule has 0 aliphatic heterocycles. The topological polar surface area (TPSA) is 49.3 Å². The van der Waals surface area contributed by atoms with Gasteiger partial charge in [0.1, 0.15) is 0 Å². The molecule has 1 rings (SSSR count). The summed E-state index contributed by atoms with van der Waals surface area (Å²) in [5.41, 5.74) is 3.32. The Hall–Kier alpha value is -1.35. The number of nitrogens with one attached hydrogen (secondary N) is 1. The number of benzene rings is 1. The second kappa shape index (κ2) is 5.51. The van der Waals surface area contributed by atoms with Crippen LogP contribution in [0.4, 0.5) is 0 Å². The van der Waals surface area contributed by atoms with E-state index in [1.807, 2.05) is 12.1 Å². The lowest BCUT2D eigenvalue weighted by atomic mass is 9.96. The maximum absolute atomic E-state index is 11.1. The zero-order valence-electron chi connectivity index (χ0n) is 9.16. The van der Waals surface area contributed by atoms with Gasteiger partial charge in [0.15, 0.2) is 0 Å². The molecule has 3 nitrogen and oxygen atoms in total. The van der Waals surface area contributed by atoms with E-state index in [9.17, 15) is 4.79 Å². The van der Waals surface area contributed by atoms with Gasteiger partial charge in [-0.25, -0.2) is 5.48 Å². The standard InChI is InChI=1S/C12H17NO2/c1-3-4-9(2)10-5-7-11(8-6-10)12(14)13-15/h5-9,15H,3-4H2,1-2H3,(H,13,14)/t9-/m0/s1. The average molecular weight is 207 g/mol. The van der Waals surface area contributed by atoms with Crippen LogP contribution in [-0.2, 0) is 0 Å². The van der Waals surface area contributed by atoms with Crippen molar-refractivity contribution in [1.82, 2.24) is 5.48 Å². The average Bonchev–Trinajstić information content (AvgIpc) is 2.28. The summed E-state index contributed by atoms with van der Waals surface area (Å²) < 4.78 is 0. The van der Waals surface area contributed by atoms with Crippen molar-refractivity contribution >= 4 is 5.91 Å². The molecule has 0 saturated carbocycles. The molecule has 0 unspecified atom stereocenters. The molecule has 1 amide bonds. The predicted molar refractivity (Wildman–Crippen MR) is 59.0 cm³/mol. The van der Waals surface area contributed by atoms with Crippen molar-refractivity contribution in [3.05, 3.63) is 35.4 Å². The van der Waals surface area contributed by atoms with Gasteiger partial charge in [-0.05, 0) is 30.0 Å². The zero-order valence-corrected chi connectivity index (χ0v) is 9.16. The minimum absolute atomic E-state index is 0.468. The highest BCUT2D eigenvalue weighted by Gasteiger charge is 2.06. The fraction of sp³-hybridized carbons (Fsp3) is 0.417. The molecule has 15 heavy (non-hydrogen) atoms. The molecule has 2 N–H and O–H groups in total. The van der Waals surface area contributed by atoms with Crippen molar-refractivity contribution in [2.75, 3.05) is 0 Å². The lowest BCUT2D eigenvalue weighted by Gasteiger charge is -2.10. The van der Waals surface area contributed by atoms with Crippen molar-refractivity contribution in [2.24, 2.45) is 0 Å². The first-order chi connectivity index (χ1) is 7.19. The van der Waals surface area contributed by atoms with E-state index < -0.39 is 5.91 Å². The highest BCUT2D eigenvalue weighted by molar-refractivity contribution is 5.93. The van der Waals surface area contributed by atoms with Gasteiger partial charge in [0, 0.05) is 5.56 Å². The summed E-state index contributed by atoms with van der Waals surface area (Å²) >= 11 is 0. The second-order valence-corrected chi connectivity index (χ2v) is 3.75. The fourth-order valence-corrected chi connectivity index (χ4v) is 1.63. The largest absolute Gasteiger partial charge is 0.288 e. The van der Waals surface area contributed by atoms with Gasteiger partial charge in [0.25, 0.3) is 5.91 Å². The van der Waals surface area contributed by atoms with Gasteiger partial charge < -0.3 is 0 Å². The number of hydrogen-bond donors (Lipinski definition) is 2. The molecule has 0 heterocycles. The van der Waals surface area contributed by atoms with E-state index in [-0.39, 0.29) is 0 Å². The predicted octanol–water partition coefficient (Wildman–Crippen LogP) is 2.71. The summed E-state index contributed by atoms with van der Waals surface area (Å²) in [4.78, 5) is 11.1. The summed E-state index contributed by atoms with van der Waals surface area (Å²) in [5.74, 6) is 0.0472. The zero-order chi connectivity index (χ0) is 11.3. The molecule has 0 spiro atoms. The molecule has 82 valence electrons. The van der Waals surface area contributed by atoms with Gasteiger partial charge in [-0.2, -0.15) is 0 Å². The molecule has 1 aromatic rings. The van der Waals surface area contributed by atoms with Gasteiger partial charge >= 0.3 is 0 Å². The number of hydroxylamine groups is 1. The Bertz CT molecular complexity index is 319. The maximum atomic E-state index is 11.1. The van der Waals surface area contributed by atoms with E-state index in [1.54, 1.807) is 17.6 Å². The van der Waals surface area contributed by atoms with Crippen molar-refractivity contribution in [2.45, 2.75) is 32.6 Å². The molecule has 1 aromatic carbocycles. The highest BCUT2D eigenvalue weighted by Crippen LogP contribution is 2.20. The Morgan fingerprint density at radius 2 is 2.00 bits per heavy atom. The molecule has 0 fully saturated rings. The van der Waals surface area contributed by atoms with Crippen LogP contribution in [0.25, 0.3) is 0 Å². The van der Waals surface area contributed by atoms with E-state index in [4.69, 9.17) is 5.21 Å². The van der Waals surface area contributed by atoms with E-state index in [1.165, 1.54) is 5.56 Å². The first-order valence-corrected chi connectivity index (χ1v) is 5.23. The normalized spacial score (nSPS) is 12.2. The van der Waals surface area contributed by atoms with Crippen LogP contribution in [0.1, 0.15) is 48.5 Å². The Morgan fingerprint density at radius 3 is 2.47 bits per heavy atom. The van der Waals surface area contributed by atoms with Crippen molar-refractivity contribution in [1.29, 1.82) is 0 Å². The first kappa shape index (κ1) is 11.7. The van der Waals surface area contributed by atoms with Crippen LogP contribution in [0.2, 0.25) is 0 Å². The molecule has 0 aromatic heterocycles. The van der Waals surface area contributed by atoms with Gasteiger partial charge in [0.2, 0.25) is 0 Å². The van der Waals surface area contributed by atoms with Crippen LogP contribution < -0.4 is 5.48 Å². The highest BCUT2D eigenvalue weighted by atomic mass is 16.5. The Labute approximate surface area is 90.1 Å². The van der Waals surface area contributed by atoms with E-state index in [2.05, 4.69) is 13.8 Å². The summed E-state index contributed by atoms with van der Waals surface area (Å²) in [6, 6.07) is 7.33. The van der Waals surface area contributed by atoms with Crippen LogP contribution >= 0.6 is 0 Å². The Morgan fingerprint density at radius 1 is 1.40 bits per heavy atom. The summed E-state index contributed by atoms with van der Waals surface area (Å²) in [6.45, 7) is 4.33. The Kier molecular flexibility index (Phi) is 4.31. The number of hydrogen-bond acceptors (Lipinski definition) is 2. The molecule has 0 aliphatic carbocycles. The van der Waals surface area contributed by atoms with Crippen molar-refractivity contribution in [3.8, 4) is 0 Å². The van der Waals surface area contributed by atoms with E-state index >= 15 is 0 Å². The molecular weight excluding hydrogens is 190 g/mol. The monoisotopic (exact) mass is 207 g/mol. The van der Waals surface area contributed by atoms with E-state index in [0.29, 0.717) is 11.5 Å². The molecule has 0 radical (unpaired) electrons. The number of carbonyl (C=O) groups excluding carboxylic acids is 1. The molecule has 1 atom stereocenters. The number of amides is 1. The van der Waals surface area contributed by atoms with Crippen LogP contribution in [0.15, 0.2) is 24.3 Å². The van der Waals surface area contributed by atoms with Crippen LogP contribution in [-0.4, -0.2) is 11.1 Å². The van der Waals surface area contributed by atoms with Crippen LogP contribution in [0, 0.1) is 0 Å². The lowest BCUT2D eigenvalue weighted by molar-refractivity contribution is 0.0706. The number of carbonyl (C=O) groups is 1. The third-order valence-corrected chi connectivity index (χ3v) is 2.57. The van der Waals surface area contributed by atoms with Gasteiger partial charge in [0.05, 0.1) is 0 Å².